The molecule has 1 aromatic rings. The number of aryl methyl sites for hydroxylation is 1. The summed E-state index contributed by atoms with van der Waals surface area (Å²) in [7, 11) is 1.77. The van der Waals surface area contributed by atoms with Gasteiger partial charge in [0.15, 0.2) is 0 Å². The smallest absolute Gasteiger partial charge is 0.336 e. The molecule has 0 aliphatic carbocycles. The number of hydrogen-bond donors (Lipinski definition) is 3. The van der Waals surface area contributed by atoms with Crippen LogP contribution in [0.1, 0.15) is 22.3 Å². The van der Waals surface area contributed by atoms with Gasteiger partial charge in [-0.2, -0.15) is 0 Å². The van der Waals surface area contributed by atoms with Gasteiger partial charge in [0, 0.05) is 18.7 Å². The van der Waals surface area contributed by atoms with E-state index in [0.717, 1.165) is 0 Å². The Bertz CT molecular complexity index is 430. The Hall–Kier alpha value is -1.88. The molecule has 0 radical (unpaired) electrons. The van der Waals surface area contributed by atoms with Gasteiger partial charge in [0.1, 0.15) is 0 Å². The number of carbonyl (C=O) groups is 2. The Balaban J connectivity index is 2.75. The number of rotatable bonds is 5. The van der Waals surface area contributed by atoms with E-state index in [2.05, 4.69) is 10.6 Å². The first-order chi connectivity index (χ1) is 8.04. The molecule has 0 saturated carbocycles. The van der Waals surface area contributed by atoms with Crippen molar-refractivity contribution < 1.29 is 14.7 Å². The van der Waals surface area contributed by atoms with Gasteiger partial charge >= 0.3 is 5.97 Å². The van der Waals surface area contributed by atoms with Crippen LogP contribution in [-0.2, 0) is 4.79 Å². The zero-order chi connectivity index (χ0) is 12.8. The first-order valence-corrected chi connectivity index (χ1v) is 5.33. The third kappa shape index (κ3) is 3.88. The third-order valence-electron chi connectivity index (χ3n) is 2.35. The minimum atomic E-state index is -0.992. The molecule has 0 atom stereocenters. The SMILES string of the molecule is CNCCC(=O)Nc1ccc(C)c(C(=O)O)c1. The van der Waals surface area contributed by atoms with Crippen LogP contribution in [-0.4, -0.2) is 30.6 Å². The number of amides is 1. The molecular weight excluding hydrogens is 220 g/mol. The highest BCUT2D eigenvalue weighted by Gasteiger charge is 2.09. The Morgan fingerprint density at radius 2 is 2.06 bits per heavy atom. The van der Waals surface area contributed by atoms with Crippen LogP contribution < -0.4 is 10.6 Å². The van der Waals surface area contributed by atoms with Crippen molar-refractivity contribution in [2.45, 2.75) is 13.3 Å². The Labute approximate surface area is 99.8 Å². The third-order valence-corrected chi connectivity index (χ3v) is 2.35. The largest absolute Gasteiger partial charge is 0.478 e. The van der Waals surface area contributed by atoms with Crippen molar-refractivity contribution in [3.05, 3.63) is 29.3 Å². The summed E-state index contributed by atoms with van der Waals surface area (Å²) >= 11 is 0. The fourth-order valence-corrected chi connectivity index (χ4v) is 1.39. The predicted octanol–water partition coefficient (Wildman–Crippen LogP) is 1.24. The lowest BCUT2D eigenvalue weighted by atomic mass is 10.1. The van der Waals surface area contributed by atoms with Crippen LogP contribution in [0, 0.1) is 6.92 Å². The second kappa shape index (κ2) is 6.00. The number of aromatic carboxylic acids is 1. The molecule has 1 aromatic carbocycles. The molecule has 5 heteroatoms. The highest BCUT2D eigenvalue weighted by Crippen LogP contribution is 2.15. The number of carboxylic acid groups (broad SMARTS) is 1. The molecule has 17 heavy (non-hydrogen) atoms. The molecule has 3 N–H and O–H groups in total. The van der Waals surface area contributed by atoms with Gasteiger partial charge in [0.2, 0.25) is 5.91 Å². The summed E-state index contributed by atoms with van der Waals surface area (Å²) in [4.78, 5) is 22.3. The minimum absolute atomic E-state index is 0.139. The van der Waals surface area contributed by atoms with Gasteiger partial charge in [-0.15, -0.1) is 0 Å². The van der Waals surface area contributed by atoms with Crippen LogP contribution in [0.3, 0.4) is 0 Å². The van der Waals surface area contributed by atoms with E-state index in [0.29, 0.717) is 24.2 Å². The number of carbonyl (C=O) groups excluding carboxylic acids is 1. The van der Waals surface area contributed by atoms with E-state index in [1.807, 2.05) is 0 Å². The van der Waals surface area contributed by atoms with Crippen LogP contribution in [0.2, 0.25) is 0 Å². The van der Waals surface area contributed by atoms with Gasteiger partial charge in [0.25, 0.3) is 0 Å². The van der Waals surface area contributed by atoms with Crippen molar-refractivity contribution in [1.82, 2.24) is 5.32 Å². The van der Waals surface area contributed by atoms with Crippen molar-refractivity contribution in [1.29, 1.82) is 0 Å². The van der Waals surface area contributed by atoms with E-state index in [1.54, 1.807) is 26.1 Å². The summed E-state index contributed by atoms with van der Waals surface area (Å²) < 4.78 is 0. The molecular formula is C12H16N2O3. The average molecular weight is 236 g/mol. The quantitative estimate of drug-likeness (QED) is 0.718. The van der Waals surface area contributed by atoms with Crippen LogP contribution in [0.15, 0.2) is 18.2 Å². The summed E-state index contributed by atoms with van der Waals surface area (Å²) in [6.45, 7) is 2.31. The van der Waals surface area contributed by atoms with Gasteiger partial charge in [0.05, 0.1) is 5.56 Å². The van der Waals surface area contributed by atoms with Crippen molar-refractivity contribution >= 4 is 17.6 Å². The summed E-state index contributed by atoms with van der Waals surface area (Å²) in [5.74, 6) is -1.13. The number of anilines is 1. The second-order valence-electron chi connectivity index (χ2n) is 3.74. The molecule has 92 valence electrons. The topological polar surface area (TPSA) is 78.4 Å². The summed E-state index contributed by atoms with van der Waals surface area (Å²) in [6.07, 6.45) is 0.354. The van der Waals surface area contributed by atoms with Crippen molar-refractivity contribution in [3.8, 4) is 0 Å². The van der Waals surface area contributed by atoms with E-state index >= 15 is 0 Å². The lowest BCUT2D eigenvalue weighted by Gasteiger charge is -2.07. The Morgan fingerprint density at radius 1 is 1.35 bits per heavy atom. The zero-order valence-corrected chi connectivity index (χ0v) is 9.91. The molecule has 0 aliphatic heterocycles. The minimum Gasteiger partial charge on any atom is -0.478 e. The molecule has 5 nitrogen and oxygen atoms in total. The monoisotopic (exact) mass is 236 g/mol. The lowest BCUT2D eigenvalue weighted by Crippen LogP contribution is -2.19. The molecule has 0 unspecified atom stereocenters. The molecule has 1 amide bonds. The molecule has 0 spiro atoms. The second-order valence-corrected chi connectivity index (χ2v) is 3.74. The fourth-order valence-electron chi connectivity index (χ4n) is 1.39. The van der Waals surface area contributed by atoms with Gasteiger partial charge in [-0.3, -0.25) is 4.79 Å². The van der Waals surface area contributed by atoms with Crippen LogP contribution >= 0.6 is 0 Å². The maximum Gasteiger partial charge on any atom is 0.336 e. The fraction of sp³-hybridized carbons (Fsp3) is 0.333. The maximum atomic E-state index is 11.4. The van der Waals surface area contributed by atoms with Crippen molar-refractivity contribution in [3.63, 3.8) is 0 Å². The molecule has 0 fully saturated rings. The molecule has 0 heterocycles. The van der Waals surface area contributed by atoms with E-state index in [9.17, 15) is 9.59 Å². The van der Waals surface area contributed by atoms with Crippen molar-refractivity contribution in [2.24, 2.45) is 0 Å². The Kier molecular flexibility index (Phi) is 4.66. The molecule has 0 aromatic heterocycles. The summed E-state index contributed by atoms with van der Waals surface area (Å²) in [6, 6.07) is 4.84. The number of benzene rings is 1. The number of hydrogen-bond acceptors (Lipinski definition) is 3. The van der Waals surface area contributed by atoms with Gasteiger partial charge in [-0.1, -0.05) is 6.07 Å². The highest BCUT2D eigenvalue weighted by atomic mass is 16.4. The highest BCUT2D eigenvalue weighted by molar-refractivity contribution is 5.94. The van der Waals surface area contributed by atoms with Gasteiger partial charge in [-0.05, 0) is 31.7 Å². The Morgan fingerprint density at radius 3 is 2.65 bits per heavy atom. The van der Waals surface area contributed by atoms with E-state index in [1.165, 1.54) is 6.07 Å². The molecule has 0 saturated heterocycles. The lowest BCUT2D eigenvalue weighted by molar-refractivity contribution is -0.116. The van der Waals surface area contributed by atoms with E-state index in [-0.39, 0.29) is 11.5 Å². The number of carboxylic acids is 1. The number of nitrogens with one attached hydrogen (secondary N) is 2. The predicted molar refractivity (Wildman–Crippen MR) is 65.3 cm³/mol. The maximum absolute atomic E-state index is 11.4. The van der Waals surface area contributed by atoms with Crippen LogP contribution in [0.25, 0.3) is 0 Å². The molecule has 0 aliphatic rings. The first kappa shape index (κ1) is 13.2. The first-order valence-electron chi connectivity index (χ1n) is 5.33. The normalized spacial score (nSPS) is 10.0. The van der Waals surface area contributed by atoms with Crippen molar-refractivity contribution in [2.75, 3.05) is 18.9 Å². The van der Waals surface area contributed by atoms with Crippen LogP contribution in [0.5, 0.6) is 0 Å². The van der Waals surface area contributed by atoms with Gasteiger partial charge in [-0.25, -0.2) is 4.79 Å². The average Bonchev–Trinajstić information content (AvgIpc) is 2.28. The van der Waals surface area contributed by atoms with E-state index in [4.69, 9.17) is 5.11 Å². The summed E-state index contributed by atoms with van der Waals surface area (Å²) in [5.41, 5.74) is 1.39. The van der Waals surface area contributed by atoms with Gasteiger partial charge < -0.3 is 15.7 Å². The molecule has 0 bridgehead atoms. The summed E-state index contributed by atoms with van der Waals surface area (Å²) in [5, 5.41) is 14.5. The standard InChI is InChI=1S/C12H16N2O3/c1-8-3-4-9(7-10(8)12(16)17)14-11(15)5-6-13-2/h3-4,7,13H,5-6H2,1-2H3,(H,14,15)(H,16,17). The van der Waals surface area contributed by atoms with E-state index < -0.39 is 5.97 Å². The zero-order valence-electron chi connectivity index (χ0n) is 9.91. The molecule has 1 rings (SSSR count). The van der Waals surface area contributed by atoms with Crippen LogP contribution in [0.4, 0.5) is 5.69 Å².